The number of benzene rings is 2. The molecule has 1 amide bonds. The van der Waals surface area contributed by atoms with Crippen molar-refractivity contribution in [2.45, 2.75) is 26.4 Å². The molecule has 6 nitrogen and oxygen atoms in total. The molecule has 2 aromatic carbocycles. The molecule has 0 aromatic heterocycles. The summed E-state index contributed by atoms with van der Waals surface area (Å²) in [5.41, 5.74) is 1.29. The van der Waals surface area contributed by atoms with Gasteiger partial charge in [-0.25, -0.2) is 9.59 Å². The molecule has 0 fully saturated rings. The molecule has 0 atom stereocenters. The van der Waals surface area contributed by atoms with E-state index in [1.165, 1.54) is 11.0 Å². The third-order valence-corrected chi connectivity index (χ3v) is 4.29. The monoisotopic (exact) mass is 392 g/mol. The number of amides is 1. The summed E-state index contributed by atoms with van der Waals surface area (Å²) in [6.07, 6.45) is 0.949. The predicted molar refractivity (Wildman–Crippen MR) is 111 cm³/mol. The predicted octanol–water partition coefficient (Wildman–Crippen LogP) is 4.66. The smallest absolute Gasteiger partial charge is 0.414 e. The highest BCUT2D eigenvalue weighted by Gasteiger charge is 2.27. The SMILES string of the molecule is CCOC(=O)/C(C#N)=C/c1ccc(N(C)C(=O)OC(C)(C)c2ccccc2)cc1. The summed E-state index contributed by atoms with van der Waals surface area (Å²) in [6, 6.07) is 18.2. The van der Waals surface area contributed by atoms with Gasteiger partial charge in [-0.15, -0.1) is 0 Å². The van der Waals surface area contributed by atoms with Crippen molar-refractivity contribution < 1.29 is 19.1 Å². The first-order chi connectivity index (χ1) is 13.8. The van der Waals surface area contributed by atoms with E-state index in [0.29, 0.717) is 11.3 Å². The topological polar surface area (TPSA) is 79.6 Å². The first-order valence-corrected chi connectivity index (χ1v) is 9.19. The molecule has 0 heterocycles. The van der Waals surface area contributed by atoms with Gasteiger partial charge >= 0.3 is 12.1 Å². The average Bonchev–Trinajstić information content (AvgIpc) is 2.72. The lowest BCUT2D eigenvalue weighted by molar-refractivity contribution is -0.137. The summed E-state index contributed by atoms with van der Waals surface area (Å²) < 4.78 is 10.5. The first-order valence-electron chi connectivity index (χ1n) is 9.19. The van der Waals surface area contributed by atoms with E-state index < -0.39 is 17.7 Å². The highest BCUT2D eigenvalue weighted by Crippen LogP contribution is 2.26. The summed E-state index contributed by atoms with van der Waals surface area (Å²) in [6.45, 7) is 5.54. The third kappa shape index (κ3) is 5.69. The van der Waals surface area contributed by atoms with Gasteiger partial charge in [-0.05, 0) is 50.1 Å². The van der Waals surface area contributed by atoms with Gasteiger partial charge in [0.25, 0.3) is 0 Å². The van der Waals surface area contributed by atoms with Gasteiger partial charge in [0.2, 0.25) is 0 Å². The van der Waals surface area contributed by atoms with E-state index in [-0.39, 0.29) is 12.2 Å². The fraction of sp³-hybridized carbons (Fsp3) is 0.261. The molecule has 6 heteroatoms. The molecule has 0 saturated carbocycles. The summed E-state index contributed by atoms with van der Waals surface area (Å²) >= 11 is 0. The standard InChI is InChI=1S/C23H24N2O4/c1-5-28-21(26)18(16-24)15-17-11-13-20(14-12-17)25(4)22(27)29-23(2,3)19-9-7-6-8-10-19/h6-15H,5H2,1-4H3/b18-15+. The van der Waals surface area contributed by atoms with Crippen LogP contribution in [0, 0.1) is 11.3 Å². The van der Waals surface area contributed by atoms with Crippen LogP contribution in [0.15, 0.2) is 60.2 Å². The Morgan fingerprint density at radius 3 is 2.28 bits per heavy atom. The van der Waals surface area contributed by atoms with E-state index in [2.05, 4.69) is 0 Å². The molecule has 29 heavy (non-hydrogen) atoms. The zero-order valence-corrected chi connectivity index (χ0v) is 17.0. The molecule has 0 spiro atoms. The maximum atomic E-state index is 12.6. The molecular weight excluding hydrogens is 368 g/mol. The lowest BCUT2D eigenvalue weighted by Crippen LogP contribution is -2.34. The summed E-state index contributed by atoms with van der Waals surface area (Å²) in [7, 11) is 1.62. The highest BCUT2D eigenvalue weighted by molar-refractivity contribution is 5.98. The van der Waals surface area contributed by atoms with Crippen molar-refractivity contribution in [2.75, 3.05) is 18.6 Å². The minimum absolute atomic E-state index is 0.0861. The molecule has 150 valence electrons. The Kier molecular flexibility index (Phi) is 7.15. The second kappa shape index (κ2) is 9.56. The number of nitrogens with zero attached hydrogens (tertiary/aromatic N) is 2. The number of esters is 1. The van der Waals surface area contributed by atoms with Crippen LogP contribution in [-0.2, 0) is 19.9 Å². The highest BCUT2D eigenvalue weighted by atomic mass is 16.6. The molecule has 0 bridgehead atoms. The molecule has 2 rings (SSSR count). The quantitative estimate of drug-likeness (QED) is 0.406. The average molecular weight is 392 g/mol. The van der Waals surface area contributed by atoms with Crippen molar-refractivity contribution in [3.8, 4) is 6.07 Å². The largest absolute Gasteiger partial charge is 0.462 e. The minimum atomic E-state index is -0.781. The van der Waals surface area contributed by atoms with Crippen LogP contribution in [-0.4, -0.2) is 25.7 Å². The lowest BCUT2D eigenvalue weighted by Gasteiger charge is -2.28. The van der Waals surface area contributed by atoms with E-state index >= 15 is 0 Å². The van der Waals surface area contributed by atoms with Crippen molar-refractivity contribution >= 4 is 23.8 Å². The summed E-state index contributed by atoms with van der Waals surface area (Å²) in [5, 5.41) is 9.11. The number of anilines is 1. The second-order valence-electron chi connectivity index (χ2n) is 6.79. The van der Waals surface area contributed by atoms with Crippen molar-refractivity contribution in [2.24, 2.45) is 0 Å². The van der Waals surface area contributed by atoms with Crippen molar-refractivity contribution in [1.29, 1.82) is 5.26 Å². The number of carbonyl (C=O) groups is 2. The molecule has 0 N–H and O–H groups in total. The Hall–Kier alpha value is -3.59. The Labute approximate surface area is 171 Å². The number of ether oxygens (including phenoxy) is 2. The number of nitriles is 1. The van der Waals surface area contributed by atoms with Crippen molar-refractivity contribution in [1.82, 2.24) is 0 Å². The Morgan fingerprint density at radius 2 is 1.72 bits per heavy atom. The van der Waals surface area contributed by atoms with E-state index in [1.54, 1.807) is 38.2 Å². The van der Waals surface area contributed by atoms with Gasteiger partial charge < -0.3 is 9.47 Å². The normalized spacial score (nSPS) is 11.3. The van der Waals surface area contributed by atoms with Gasteiger partial charge in [0.05, 0.1) is 6.61 Å². The molecular formula is C23H24N2O4. The van der Waals surface area contributed by atoms with Crippen LogP contribution in [0.5, 0.6) is 0 Å². The van der Waals surface area contributed by atoms with Gasteiger partial charge in [-0.3, -0.25) is 4.90 Å². The molecule has 0 aliphatic heterocycles. The van der Waals surface area contributed by atoms with Gasteiger partial charge in [-0.2, -0.15) is 5.26 Å². The zero-order chi connectivity index (χ0) is 21.4. The minimum Gasteiger partial charge on any atom is -0.462 e. The maximum Gasteiger partial charge on any atom is 0.414 e. The Balaban J connectivity index is 2.12. The molecule has 0 saturated heterocycles. The van der Waals surface area contributed by atoms with Crippen LogP contribution in [0.2, 0.25) is 0 Å². The number of hydrogen-bond acceptors (Lipinski definition) is 5. The first kappa shape index (κ1) is 21.7. The fourth-order valence-corrected chi connectivity index (χ4v) is 2.60. The van der Waals surface area contributed by atoms with Crippen LogP contribution < -0.4 is 4.90 Å². The zero-order valence-electron chi connectivity index (χ0n) is 17.0. The van der Waals surface area contributed by atoms with Crippen LogP contribution in [0.25, 0.3) is 6.08 Å². The van der Waals surface area contributed by atoms with Crippen LogP contribution in [0.3, 0.4) is 0 Å². The van der Waals surface area contributed by atoms with E-state index in [9.17, 15) is 9.59 Å². The number of hydrogen-bond donors (Lipinski definition) is 0. The summed E-state index contributed by atoms with van der Waals surface area (Å²) in [5.74, 6) is -0.664. The van der Waals surface area contributed by atoms with E-state index in [1.807, 2.05) is 50.2 Å². The Bertz CT molecular complexity index is 926. The van der Waals surface area contributed by atoms with Gasteiger partial charge in [-0.1, -0.05) is 42.5 Å². The van der Waals surface area contributed by atoms with Crippen LogP contribution in [0.1, 0.15) is 31.9 Å². The van der Waals surface area contributed by atoms with Crippen molar-refractivity contribution in [3.63, 3.8) is 0 Å². The Morgan fingerprint density at radius 1 is 1.10 bits per heavy atom. The second-order valence-corrected chi connectivity index (χ2v) is 6.79. The lowest BCUT2D eigenvalue weighted by atomic mass is 9.98. The van der Waals surface area contributed by atoms with Gasteiger partial charge in [0.1, 0.15) is 17.2 Å². The third-order valence-electron chi connectivity index (χ3n) is 4.29. The maximum absolute atomic E-state index is 12.6. The van der Waals surface area contributed by atoms with Crippen LogP contribution >= 0.6 is 0 Å². The van der Waals surface area contributed by atoms with Gasteiger partial charge in [0.15, 0.2) is 0 Å². The molecule has 0 aliphatic rings. The fourth-order valence-electron chi connectivity index (χ4n) is 2.60. The molecule has 0 radical (unpaired) electrons. The number of carbonyl (C=O) groups excluding carboxylic acids is 2. The number of rotatable bonds is 6. The van der Waals surface area contributed by atoms with Gasteiger partial charge in [0, 0.05) is 12.7 Å². The summed E-state index contributed by atoms with van der Waals surface area (Å²) in [4.78, 5) is 25.7. The van der Waals surface area contributed by atoms with E-state index in [4.69, 9.17) is 14.7 Å². The molecule has 2 aromatic rings. The molecule has 0 unspecified atom stereocenters. The molecule has 0 aliphatic carbocycles. The van der Waals surface area contributed by atoms with Crippen molar-refractivity contribution in [3.05, 3.63) is 71.3 Å². The van der Waals surface area contributed by atoms with E-state index in [0.717, 1.165) is 5.56 Å². The van der Waals surface area contributed by atoms with Crippen LogP contribution in [0.4, 0.5) is 10.5 Å².